The topological polar surface area (TPSA) is 136 Å². The molecule has 11 nitrogen and oxygen atoms in total. The molecule has 0 radical (unpaired) electrons. The van der Waals surface area contributed by atoms with Crippen molar-refractivity contribution >= 4 is 50.2 Å². The monoisotopic (exact) mass is 588 g/mol. The zero-order valence-electron chi connectivity index (χ0n) is 21.6. The van der Waals surface area contributed by atoms with Crippen LogP contribution >= 0.6 is 15.9 Å². The molecule has 1 aromatic carbocycles. The molecule has 198 valence electrons. The number of nitrogens with one attached hydrogen (secondary N) is 1. The minimum absolute atomic E-state index is 0.0170. The number of benzene rings is 1. The lowest BCUT2D eigenvalue weighted by Crippen LogP contribution is -2.46. The highest BCUT2D eigenvalue weighted by Gasteiger charge is 2.64. The van der Waals surface area contributed by atoms with Gasteiger partial charge in [0.15, 0.2) is 11.6 Å². The van der Waals surface area contributed by atoms with Gasteiger partial charge in [0.25, 0.3) is 0 Å². The Labute approximate surface area is 232 Å². The third-order valence-electron chi connectivity index (χ3n) is 7.57. The first-order valence-corrected chi connectivity index (χ1v) is 13.3. The van der Waals surface area contributed by atoms with Gasteiger partial charge in [-0.2, -0.15) is 5.10 Å². The van der Waals surface area contributed by atoms with Gasteiger partial charge >= 0.3 is 0 Å². The summed E-state index contributed by atoms with van der Waals surface area (Å²) < 4.78 is 2.05. The highest BCUT2D eigenvalue weighted by atomic mass is 79.9. The van der Waals surface area contributed by atoms with E-state index in [9.17, 15) is 14.4 Å². The zero-order chi connectivity index (χ0) is 27.5. The number of carbonyl (C=O) groups is 3. The van der Waals surface area contributed by atoms with E-state index in [4.69, 9.17) is 0 Å². The SMILES string of the molecule is CC(=O)c1nn(CC(=O)N2[C@H](C(=O)Nc3cncc(Br)n3)C[C@@]3(C)C[C@@H]23)c2ccc(-c3cnc(C)nc3)cc12. The van der Waals surface area contributed by atoms with Gasteiger partial charge in [-0.15, -0.1) is 0 Å². The predicted molar refractivity (Wildman–Crippen MR) is 146 cm³/mol. The van der Waals surface area contributed by atoms with Crippen molar-refractivity contribution in [2.75, 3.05) is 5.32 Å². The number of nitrogens with zero attached hydrogens (tertiary/aromatic N) is 7. The molecule has 0 bridgehead atoms. The van der Waals surface area contributed by atoms with Crippen molar-refractivity contribution in [1.29, 1.82) is 0 Å². The summed E-state index contributed by atoms with van der Waals surface area (Å²) in [4.78, 5) is 57.9. The molecule has 3 atom stereocenters. The predicted octanol–water partition coefficient (Wildman–Crippen LogP) is 3.58. The molecule has 3 aromatic heterocycles. The summed E-state index contributed by atoms with van der Waals surface area (Å²) in [7, 11) is 0. The van der Waals surface area contributed by atoms with E-state index in [1.165, 1.54) is 19.3 Å². The van der Waals surface area contributed by atoms with Crippen molar-refractivity contribution in [3.63, 3.8) is 0 Å². The number of Topliss-reactive ketones (excluding diaryl/α,β-unsaturated/α-hetero) is 1. The number of fused-ring (bicyclic) bond motifs is 2. The molecule has 1 N–H and O–H groups in total. The molecule has 12 heteroatoms. The van der Waals surface area contributed by atoms with Crippen LogP contribution in [0.4, 0.5) is 5.82 Å². The largest absolute Gasteiger partial charge is 0.325 e. The van der Waals surface area contributed by atoms with Gasteiger partial charge in [0.05, 0.1) is 17.9 Å². The summed E-state index contributed by atoms with van der Waals surface area (Å²) >= 11 is 3.26. The van der Waals surface area contributed by atoms with E-state index in [0.717, 1.165) is 17.5 Å². The standard InChI is InChI=1S/C27H25BrN8O3/c1-14(37)25-18-6-16(17-9-30-15(2)31-10-17)4-5-19(18)35(34-25)13-24(38)36-20(7-27(3)8-21(27)36)26(39)33-23-12-29-11-22(28)32-23/h4-6,9-12,20-21H,7-8,13H2,1-3H3,(H,32,33,39)/t20-,21+,27-/m0/s1. The number of amides is 2. The fourth-order valence-electron chi connectivity index (χ4n) is 5.46. The highest BCUT2D eigenvalue weighted by Crippen LogP contribution is 2.59. The van der Waals surface area contributed by atoms with Crippen molar-refractivity contribution in [3.8, 4) is 11.1 Å². The fraction of sp³-hybridized carbons (Fsp3) is 0.333. The van der Waals surface area contributed by atoms with Gasteiger partial charge in [0.1, 0.15) is 28.7 Å². The van der Waals surface area contributed by atoms with Crippen molar-refractivity contribution in [3.05, 3.63) is 59.1 Å². The van der Waals surface area contributed by atoms with Crippen molar-refractivity contribution < 1.29 is 14.4 Å². The lowest BCUT2D eigenvalue weighted by molar-refractivity contribution is -0.138. The number of aromatic nitrogens is 6. The number of aryl methyl sites for hydroxylation is 1. The molecule has 2 amide bonds. The van der Waals surface area contributed by atoms with Crippen LogP contribution in [0.2, 0.25) is 0 Å². The number of hydrogen-bond donors (Lipinski definition) is 1. The number of likely N-dealkylation sites (tertiary alicyclic amines) is 1. The average Bonchev–Trinajstić information content (AvgIpc) is 3.26. The Hall–Kier alpha value is -4.06. The highest BCUT2D eigenvalue weighted by molar-refractivity contribution is 9.10. The third kappa shape index (κ3) is 4.58. The Kier molecular flexibility index (Phi) is 6.01. The maximum atomic E-state index is 13.7. The van der Waals surface area contributed by atoms with Gasteiger partial charge in [-0.05, 0) is 58.8 Å². The number of hydrogen-bond acceptors (Lipinski definition) is 8. The average molecular weight is 589 g/mol. The van der Waals surface area contributed by atoms with Crippen molar-refractivity contribution in [2.45, 2.75) is 52.2 Å². The van der Waals surface area contributed by atoms with Gasteiger partial charge in [0, 0.05) is 36.3 Å². The Bertz CT molecular complexity index is 1650. The van der Waals surface area contributed by atoms with Crippen LogP contribution in [0, 0.1) is 12.3 Å². The number of halogens is 1. The molecule has 1 aliphatic heterocycles. The molecular weight excluding hydrogens is 564 g/mol. The van der Waals surface area contributed by atoms with Crippen LogP contribution in [0.25, 0.3) is 22.0 Å². The van der Waals surface area contributed by atoms with Crippen molar-refractivity contribution in [2.24, 2.45) is 5.41 Å². The Morgan fingerprint density at radius 2 is 1.87 bits per heavy atom. The molecule has 0 spiro atoms. The van der Waals surface area contributed by atoms with E-state index in [-0.39, 0.29) is 41.3 Å². The van der Waals surface area contributed by atoms with E-state index in [1.54, 1.807) is 22.0 Å². The Morgan fingerprint density at radius 3 is 2.59 bits per heavy atom. The molecule has 1 aliphatic carbocycles. The van der Waals surface area contributed by atoms with E-state index >= 15 is 0 Å². The molecule has 4 heterocycles. The smallest absolute Gasteiger partial charge is 0.248 e. The zero-order valence-corrected chi connectivity index (χ0v) is 23.1. The van der Waals surface area contributed by atoms with Crippen LogP contribution in [0.1, 0.15) is 43.0 Å². The molecule has 0 unspecified atom stereocenters. The molecular formula is C27H25BrN8O3. The molecule has 39 heavy (non-hydrogen) atoms. The lowest BCUT2D eigenvalue weighted by atomic mass is 10.0. The molecule has 4 aromatic rings. The number of rotatable bonds is 6. The van der Waals surface area contributed by atoms with E-state index in [2.05, 4.69) is 53.2 Å². The van der Waals surface area contributed by atoms with Gasteiger partial charge < -0.3 is 10.2 Å². The second-order valence-corrected chi connectivity index (χ2v) is 11.2. The van der Waals surface area contributed by atoms with Gasteiger partial charge in [-0.25, -0.2) is 15.0 Å². The number of piperidine rings is 1. The summed E-state index contributed by atoms with van der Waals surface area (Å²) in [6.07, 6.45) is 7.86. The Morgan fingerprint density at radius 1 is 1.10 bits per heavy atom. The minimum Gasteiger partial charge on any atom is -0.325 e. The summed E-state index contributed by atoms with van der Waals surface area (Å²) in [6, 6.07) is 4.96. The summed E-state index contributed by atoms with van der Waals surface area (Å²) in [5.74, 6) is 0.250. The van der Waals surface area contributed by atoms with E-state index in [0.29, 0.717) is 33.6 Å². The van der Waals surface area contributed by atoms with Gasteiger partial charge in [-0.3, -0.25) is 24.0 Å². The van der Waals surface area contributed by atoms with Crippen molar-refractivity contribution in [1.82, 2.24) is 34.6 Å². The third-order valence-corrected chi connectivity index (χ3v) is 7.95. The first-order chi connectivity index (χ1) is 18.6. The van der Waals surface area contributed by atoms with Crippen LogP contribution < -0.4 is 5.32 Å². The van der Waals surface area contributed by atoms with Crippen LogP contribution in [0.15, 0.2) is 47.6 Å². The molecule has 1 saturated heterocycles. The summed E-state index contributed by atoms with van der Waals surface area (Å²) in [5.41, 5.74) is 2.51. The molecule has 2 aliphatic rings. The lowest BCUT2D eigenvalue weighted by Gasteiger charge is -2.26. The van der Waals surface area contributed by atoms with Gasteiger partial charge in [-0.1, -0.05) is 13.0 Å². The first-order valence-electron chi connectivity index (χ1n) is 12.5. The number of anilines is 1. The number of ketones is 1. The van der Waals surface area contributed by atoms with Crippen LogP contribution in [-0.4, -0.2) is 64.3 Å². The maximum Gasteiger partial charge on any atom is 0.248 e. The summed E-state index contributed by atoms with van der Waals surface area (Å²) in [5, 5.41) is 7.96. The minimum atomic E-state index is -0.635. The number of carbonyl (C=O) groups excluding carboxylic acids is 3. The molecule has 2 fully saturated rings. The van der Waals surface area contributed by atoms with E-state index < -0.39 is 6.04 Å². The normalized spacial score (nSPS) is 21.6. The van der Waals surface area contributed by atoms with E-state index in [1.807, 2.05) is 25.1 Å². The molecule has 6 rings (SSSR count). The maximum absolute atomic E-state index is 13.7. The Balaban J connectivity index is 1.29. The second kappa shape index (κ2) is 9.30. The first kappa shape index (κ1) is 25.2. The molecule has 1 saturated carbocycles. The van der Waals surface area contributed by atoms with Gasteiger partial charge in [0.2, 0.25) is 11.8 Å². The van der Waals surface area contributed by atoms with Crippen LogP contribution in [0.5, 0.6) is 0 Å². The quantitative estimate of drug-likeness (QED) is 0.337. The van der Waals surface area contributed by atoms with Crippen LogP contribution in [-0.2, 0) is 16.1 Å². The second-order valence-electron chi connectivity index (χ2n) is 10.4. The fourth-order valence-corrected chi connectivity index (χ4v) is 5.77. The summed E-state index contributed by atoms with van der Waals surface area (Å²) in [6.45, 7) is 5.27. The van der Waals surface area contributed by atoms with Crippen LogP contribution in [0.3, 0.4) is 0 Å².